The highest BCUT2D eigenvalue weighted by Gasteiger charge is 2.16. The lowest BCUT2D eigenvalue weighted by molar-refractivity contribution is 0.0989. The van der Waals surface area contributed by atoms with Crippen molar-refractivity contribution in [1.82, 2.24) is 0 Å². The van der Waals surface area contributed by atoms with E-state index in [0.717, 1.165) is 12.1 Å². The molecular weight excluding hydrogens is 278 g/mol. The number of hydrogen-bond donors (Lipinski definition) is 0. The predicted octanol–water partition coefficient (Wildman–Crippen LogP) is 3.41. The van der Waals surface area contributed by atoms with Crippen molar-refractivity contribution in [3.63, 3.8) is 0 Å². The van der Waals surface area contributed by atoms with Crippen LogP contribution in [0.25, 0.3) is 0 Å². The van der Waals surface area contributed by atoms with Gasteiger partial charge in [-0.3, -0.25) is 4.79 Å². The van der Waals surface area contributed by atoms with Gasteiger partial charge in [0.15, 0.2) is 5.78 Å². The van der Waals surface area contributed by atoms with Gasteiger partial charge in [-0.05, 0) is 23.8 Å². The Kier molecular flexibility index (Phi) is 4.52. The fourth-order valence-corrected chi connectivity index (χ4v) is 1.96. The van der Waals surface area contributed by atoms with Gasteiger partial charge in [-0.1, -0.05) is 6.07 Å². The van der Waals surface area contributed by atoms with Gasteiger partial charge < -0.3 is 9.47 Å². The third-order valence-electron chi connectivity index (χ3n) is 3.08. The molecule has 2 rings (SSSR count). The molecule has 2 aromatic rings. The smallest absolute Gasteiger partial charge is 0.171 e. The molecular formula is C16H14F2O3. The molecule has 0 heterocycles. The van der Waals surface area contributed by atoms with Crippen LogP contribution in [0, 0.1) is 11.6 Å². The first-order valence-corrected chi connectivity index (χ1v) is 6.24. The van der Waals surface area contributed by atoms with E-state index < -0.39 is 11.6 Å². The average Bonchev–Trinajstić information content (AvgIpc) is 2.49. The first kappa shape index (κ1) is 15.0. The molecule has 3 nitrogen and oxygen atoms in total. The fourth-order valence-electron chi connectivity index (χ4n) is 1.96. The number of hydrogen-bond acceptors (Lipinski definition) is 3. The summed E-state index contributed by atoms with van der Waals surface area (Å²) in [6.45, 7) is 0. The van der Waals surface area contributed by atoms with Gasteiger partial charge in [0.25, 0.3) is 0 Å². The standard InChI is InChI=1S/C16H14F2O3/c1-20-12-5-6-13(16(9-12)21-2)15(19)7-10-3-4-11(17)8-14(10)18/h3-6,8-9H,7H2,1-2H3. The highest BCUT2D eigenvalue weighted by atomic mass is 19.1. The van der Waals surface area contributed by atoms with Crippen molar-refractivity contribution in [1.29, 1.82) is 0 Å². The van der Waals surface area contributed by atoms with E-state index in [2.05, 4.69) is 0 Å². The van der Waals surface area contributed by atoms with Crippen LogP contribution in [-0.2, 0) is 6.42 Å². The molecule has 0 aliphatic rings. The Morgan fingerprint density at radius 3 is 2.43 bits per heavy atom. The first-order valence-electron chi connectivity index (χ1n) is 6.24. The summed E-state index contributed by atoms with van der Waals surface area (Å²) in [5.74, 6) is -0.834. The lowest BCUT2D eigenvalue weighted by Gasteiger charge is -2.10. The number of ether oxygens (including phenoxy) is 2. The second-order valence-corrected chi connectivity index (χ2v) is 4.40. The lowest BCUT2D eigenvalue weighted by atomic mass is 10.0. The number of methoxy groups -OCH3 is 2. The van der Waals surface area contributed by atoms with Gasteiger partial charge in [0.2, 0.25) is 0 Å². The van der Waals surface area contributed by atoms with Crippen LogP contribution < -0.4 is 9.47 Å². The summed E-state index contributed by atoms with van der Waals surface area (Å²) >= 11 is 0. The first-order chi connectivity index (χ1) is 10.0. The largest absolute Gasteiger partial charge is 0.497 e. The summed E-state index contributed by atoms with van der Waals surface area (Å²) in [7, 11) is 2.94. The zero-order valence-electron chi connectivity index (χ0n) is 11.7. The van der Waals surface area contributed by atoms with Crippen LogP contribution in [0.1, 0.15) is 15.9 Å². The summed E-state index contributed by atoms with van der Waals surface area (Å²) in [6, 6.07) is 7.90. The van der Waals surface area contributed by atoms with E-state index in [1.807, 2.05) is 0 Å². The van der Waals surface area contributed by atoms with Gasteiger partial charge in [0.1, 0.15) is 23.1 Å². The van der Waals surface area contributed by atoms with Crippen LogP contribution in [0.5, 0.6) is 11.5 Å². The van der Waals surface area contributed by atoms with Crippen LogP contribution in [0.2, 0.25) is 0 Å². The van der Waals surface area contributed by atoms with Gasteiger partial charge in [-0.25, -0.2) is 8.78 Å². The molecule has 110 valence electrons. The molecule has 0 bridgehead atoms. The molecule has 0 amide bonds. The van der Waals surface area contributed by atoms with Crippen LogP contribution in [0.3, 0.4) is 0 Å². The molecule has 0 radical (unpaired) electrons. The van der Waals surface area contributed by atoms with E-state index >= 15 is 0 Å². The minimum absolute atomic E-state index is 0.138. The zero-order valence-corrected chi connectivity index (χ0v) is 11.7. The topological polar surface area (TPSA) is 35.5 Å². The molecule has 0 aliphatic heterocycles. The molecule has 0 unspecified atom stereocenters. The predicted molar refractivity (Wildman–Crippen MR) is 73.9 cm³/mol. The van der Waals surface area contributed by atoms with Gasteiger partial charge in [0.05, 0.1) is 19.8 Å². The highest BCUT2D eigenvalue weighted by Crippen LogP contribution is 2.26. The van der Waals surface area contributed by atoms with Crippen LogP contribution in [0.15, 0.2) is 36.4 Å². The van der Waals surface area contributed by atoms with Crippen molar-refractivity contribution < 1.29 is 23.0 Å². The Balaban J connectivity index is 2.28. The van der Waals surface area contributed by atoms with Crippen molar-refractivity contribution in [3.05, 3.63) is 59.2 Å². The molecule has 0 N–H and O–H groups in total. The van der Waals surface area contributed by atoms with E-state index in [4.69, 9.17) is 9.47 Å². The Hall–Kier alpha value is -2.43. The molecule has 0 aliphatic carbocycles. The molecule has 21 heavy (non-hydrogen) atoms. The second kappa shape index (κ2) is 6.35. The minimum Gasteiger partial charge on any atom is -0.497 e. The summed E-state index contributed by atoms with van der Waals surface area (Å²) in [6.07, 6.45) is -0.172. The van der Waals surface area contributed by atoms with Crippen molar-refractivity contribution in [2.75, 3.05) is 14.2 Å². The highest BCUT2D eigenvalue weighted by molar-refractivity contribution is 6.00. The second-order valence-electron chi connectivity index (χ2n) is 4.40. The van der Waals surface area contributed by atoms with Crippen molar-refractivity contribution in [2.45, 2.75) is 6.42 Å². The molecule has 0 aromatic heterocycles. The van der Waals surface area contributed by atoms with E-state index in [0.29, 0.717) is 17.1 Å². The Labute approximate surface area is 121 Å². The Morgan fingerprint density at radius 1 is 1.05 bits per heavy atom. The monoisotopic (exact) mass is 292 g/mol. The number of rotatable bonds is 5. The third-order valence-corrected chi connectivity index (χ3v) is 3.08. The van der Waals surface area contributed by atoms with E-state index in [9.17, 15) is 13.6 Å². The van der Waals surface area contributed by atoms with Crippen LogP contribution in [0.4, 0.5) is 8.78 Å². The molecule has 0 fully saturated rings. The van der Waals surface area contributed by atoms with Gasteiger partial charge in [-0.15, -0.1) is 0 Å². The number of Topliss-reactive ketones (excluding diaryl/α,β-unsaturated/α-hetero) is 1. The number of carbonyl (C=O) groups is 1. The number of halogens is 2. The Bertz CT molecular complexity index is 669. The van der Waals surface area contributed by atoms with Crippen molar-refractivity contribution in [3.8, 4) is 11.5 Å². The lowest BCUT2D eigenvalue weighted by Crippen LogP contribution is -2.07. The molecule has 0 saturated heterocycles. The molecule has 0 atom stereocenters. The molecule has 0 saturated carbocycles. The third kappa shape index (κ3) is 3.37. The average molecular weight is 292 g/mol. The van der Waals surface area contributed by atoms with Crippen molar-refractivity contribution in [2.24, 2.45) is 0 Å². The Morgan fingerprint density at radius 2 is 1.81 bits per heavy atom. The quantitative estimate of drug-likeness (QED) is 0.792. The number of carbonyl (C=O) groups excluding carboxylic acids is 1. The summed E-state index contributed by atoms with van der Waals surface area (Å²) in [5, 5.41) is 0. The number of benzene rings is 2. The minimum atomic E-state index is -0.740. The van der Waals surface area contributed by atoms with E-state index in [1.165, 1.54) is 20.3 Å². The molecule has 0 spiro atoms. The van der Waals surface area contributed by atoms with Crippen LogP contribution >= 0.6 is 0 Å². The maximum atomic E-state index is 13.6. The van der Waals surface area contributed by atoms with E-state index in [1.54, 1.807) is 18.2 Å². The molecule has 2 aromatic carbocycles. The summed E-state index contributed by atoms with van der Waals surface area (Å²) in [5.41, 5.74) is 0.460. The maximum absolute atomic E-state index is 13.6. The normalized spacial score (nSPS) is 10.3. The summed E-state index contributed by atoms with van der Waals surface area (Å²) in [4.78, 5) is 12.2. The SMILES string of the molecule is COc1ccc(C(=O)Cc2ccc(F)cc2F)c(OC)c1. The van der Waals surface area contributed by atoms with Gasteiger partial charge in [-0.2, -0.15) is 0 Å². The fraction of sp³-hybridized carbons (Fsp3) is 0.188. The maximum Gasteiger partial charge on any atom is 0.171 e. The van der Waals surface area contributed by atoms with Crippen molar-refractivity contribution >= 4 is 5.78 Å². The molecule has 5 heteroatoms. The van der Waals surface area contributed by atoms with E-state index in [-0.39, 0.29) is 17.8 Å². The zero-order chi connectivity index (χ0) is 15.4. The van der Waals surface area contributed by atoms with Gasteiger partial charge in [0, 0.05) is 18.6 Å². The van der Waals surface area contributed by atoms with Gasteiger partial charge >= 0.3 is 0 Å². The van der Waals surface area contributed by atoms with Crippen LogP contribution in [-0.4, -0.2) is 20.0 Å². The number of ketones is 1. The summed E-state index contributed by atoms with van der Waals surface area (Å²) < 4.78 is 36.6.